The molecule has 3 aromatic carbocycles. The zero-order chi connectivity index (χ0) is 22.5. The van der Waals surface area contributed by atoms with Gasteiger partial charge in [-0.05, 0) is 42.5 Å². The number of hydrogen-bond donors (Lipinski definition) is 0. The van der Waals surface area contributed by atoms with Gasteiger partial charge in [-0.25, -0.2) is 0 Å². The first-order valence-electron chi connectivity index (χ1n) is 9.86. The molecule has 3 aromatic rings. The Kier molecular flexibility index (Phi) is 6.53. The van der Waals surface area contributed by atoms with Crippen LogP contribution in [0.1, 0.15) is 10.4 Å². The molecule has 1 aliphatic heterocycles. The van der Waals surface area contributed by atoms with Crippen molar-refractivity contribution >= 4 is 23.2 Å². The average Bonchev–Trinajstić information content (AvgIpc) is 2.79. The highest BCUT2D eigenvalue weighted by Crippen LogP contribution is 2.34. The van der Waals surface area contributed by atoms with Gasteiger partial charge in [0.05, 0.1) is 30.3 Å². The van der Waals surface area contributed by atoms with Gasteiger partial charge in [0.1, 0.15) is 23.0 Å². The minimum Gasteiger partial charge on any atom is -0.457 e. The minimum absolute atomic E-state index is 0.0765. The second-order valence-electron chi connectivity index (χ2n) is 7.01. The second kappa shape index (κ2) is 9.67. The lowest BCUT2D eigenvalue weighted by Crippen LogP contribution is -2.40. The third kappa shape index (κ3) is 5.35. The standard InChI is InChI=1S/C23H19ClN2O6/c24-17-2-1-3-20(12-17)32-22-14-18(26(28)29)13-21(15-22)31-19-6-4-16(5-7-19)23(27)25-8-10-30-11-9-25/h1-7,12-15H,8-11H2. The Balaban J connectivity index is 1.52. The maximum Gasteiger partial charge on any atom is 0.276 e. The number of non-ortho nitro benzene ring substituents is 1. The van der Waals surface area contributed by atoms with Crippen molar-refractivity contribution in [2.75, 3.05) is 26.3 Å². The molecule has 1 amide bonds. The molecule has 0 spiro atoms. The van der Waals surface area contributed by atoms with Gasteiger partial charge < -0.3 is 19.1 Å². The maximum absolute atomic E-state index is 12.6. The second-order valence-corrected chi connectivity index (χ2v) is 7.45. The summed E-state index contributed by atoms with van der Waals surface area (Å²) < 4.78 is 16.8. The Labute approximate surface area is 189 Å². The highest BCUT2D eigenvalue weighted by Gasteiger charge is 2.19. The van der Waals surface area contributed by atoms with E-state index in [0.29, 0.717) is 48.4 Å². The van der Waals surface area contributed by atoms with Gasteiger partial charge in [-0.1, -0.05) is 17.7 Å². The van der Waals surface area contributed by atoms with E-state index in [1.165, 1.54) is 12.1 Å². The quantitative estimate of drug-likeness (QED) is 0.370. The number of carbonyl (C=O) groups excluding carboxylic acids is 1. The van der Waals surface area contributed by atoms with Gasteiger partial charge in [-0.15, -0.1) is 0 Å². The summed E-state index contributed by atoms with van der Waals surface area (Å²) in [6.45, 7) is 2.17. The number of ether oxygens (including phenoxy) is 3. The third-order valence-electron chi connectivity index (χ3n) is 4.74. The van der Waals surface area contributed by atoms with Gasteiger partial charge in [-0.3, -0.25) is 14.9 Å². The lowest BCUT2D eigenvalue weighted by atomic mass is 10.2. The molecule has 1 aliphatic rings. The van der Waals surface area contributed by atoms with Crippen molar-refractivity contribution in [1.82, 2.24) is 4.90 Å². The molecule has 8 nitrogen and oxygen atoms in total. The van der Waals surface area contributed by atoms with E-state index in [0.717, 1.165) is 0 Å². The van der Waals surface area contributed by atoms with Crippen LogP contribution in [0.25, 0.3) is 0 Å². The predicted octanol–water partition coefficient (Wildman–Crippen LogP) is 5.31. The molecular formula is C23H19ClN2O6. The molecule has 0 aromatic heterocycles. The van der Waals surface area contributed by atoms with Gasteiger partial charge in [-0.2, -0.15) is 0 Å². The SMILES string of the molecule is O=C(c1ccc(Oc2cc(Oc3cccc(Cl)c3)cc([N+](=O)[O-])c2)cc1)N1CCOCC1. The van der Waals surface area contributed by atoms with Crippen LogP contribution in [-0.4, -0.2) is 42.0 Å². The van der Waals surface area contributed by atoms with E-state index in [1.807, 2.05) is 0 Å². The van der Waals surface area contributed by atoms with Crippen LogP contribution >= 0.6 is 11.6 Å². The van der Waals surface area contributed by atoms with Crippen molar-refractivity contribution in [3.63, 3.8) is 0 Å². The number of nitro groups is 1. The summed E-state index contributed by atoms with van der Waals surface area (Å²) in [5, 5.41) is 11.8. The van der Waals surface area contributed by atoms with Crippen molar-refractivity contribution in [2.24, 2.45) is 0 Å². The van der Waals surface area contributed by atoms with Crippen LogP contribution in [0.15, 0.2) is 66.7 Å². The van der Waals surface area contributed by atoms with Crippen LogP contribution in [0.4, 0.5) is 5.69 Å². The zero-order valence-corrected chi connectivity index (χ0v) is 17.7. The van der Waals surface area contributed by atoms with Crippen molar-refractivity contribution < 1.29 is 23.9 Å². The molecule has 0 unspecified atom stereocenters. The molecule has 0 radical (unpaired) electrons. The number of amides is 1. The summed E-state index contributed by atoms with van der Waals surface area (Å²) in [6.07, 6.45) is 0. The van der Waals surface area contributed by atoms with Crippen LogP contribution < -0.4 is 9.47 Å². The number of nitrogens with zero attached hydrogens (tertiary/aromatic N) is 2. The monoisotopic (exact) mass is 454 g/mol. The molecule has 0 bridgehead atoms. The molecule has 0 N–H and O–H groups in total. The minimum atomic E-state index is -0.526. The van der Waals surface area contributed by atoms with Crippen molar-refractivity contribution in [3.05, 3.63) is 87.4 Å². The first-order chi connectivity index (χ1) is 15.5. The Morgan fingerprint density at radius 1 is 0.906 bits per heavy atom. The summed E-state index contributed by atoms with van der Waals surface area (Å²) in [5.74, 6) is 1.25. The topological polar surface area (TPSA) is 91.1 Å². The molecule has 1 heterocycles. The number of rotatable bonds is 6. The van der Waals surface area contributed by atoms with E-state index in [1.54, 1.807) is 59.5 Å². The van der Waals surface area contributed by atoms with E-state index in [4.69, 9.17) is 25.8 Å². The summed E-state index contributed by atoms with van der Waals surface area (Å²) in [5.41, 5.74) is 0.349. The van der Waals surface area contributed by atoms with E-state index in [9.17, 15) is 14.9 Å². The van der Waals surface area contributed by atoms with Crippen LogP contribution in [0.2, 0.25) is 5.02 Å². The fourth-order valence-electron chi connectivity index (χ4n) is 3.20. The predicted molar refractivity (Wildman–Crippen MR) is 118 cm³/mol. The molecule has 0 saturated carbocycles. The van der Waals surface area contributed by atoms with Crippen LogP contribution in [0.3, 0.4) is 0 Å². The fraction of sp³-hybridized carbons (Fsp3) is 0.174. The first-order valence-corrected chi connectivity index (χ1v) is 10.2. The average molecular weight is 455 g/mol. The van der Waals surface area contributed by atoms with Gasteiger partial charge >= 0.3 is 0 Å². The molecule has 0 aliphatic carbocycles. The molecule has 1 saturated heterocycles. The summed E-state index contributed by atoms with van der Waals surface area (Å²) >= 11 is 5.97. The normalized spacial score (nSPS) is 13.5. The number of nitro benzene ring substituents is 1. The lowest BCUT2D eigenvalue weighted by molar-refractivity contribution is -0.385. The Hall–Kier alpha value is -3.62. The Bertz CT molecular complexity index is 1130. The maximum atomic E-state index is 12.6. The molecule has 1 fully saturated rings. The smallest absolute Gasteiger partial charge is 0.276 e. The fourth-order valence-corrected chi connectivity index (χ4v) is 3.38. The van der Waals surface area contributed by atoms with Gasteiger partial charge in [0.15, 0.2) is 0 Å². The molecule has 164 valence electrons. The molecular weight excluding hydrogens is 436 g/mol. The van der Waals surface area contributed by atoms with Gasteiger partial charge in [0, 0.05) is 29.7 Å². The largest absolute Gasteiger partial charge is 0.457 e. The Morgan fingerprint density at radius 3 is 2.19 bits per heavy atom. The molecule has 9 heteroatoms. The number of hydrogen-bond acceptors (Lipinski definition) is 6. The number of benzene rings is 3. The van der Waals surface area contributed by atoms with E-state index >= 15 is 0 Å². The van der Waals surface area contributed by atoms with Crippen molar-refractivity contribution in [2.45, 2.75) is 0 Å². The van der Waals surface area contributed by atoms with Crippen LogP contribution in [-0.2, 0) is 4.74 Å². The molecule has 4 rings (SSSR count). The highest BCUT2D eigenvalue weighted by atomic mass is 35.5. The van der Waals surface area contributed by atoms with Crippen molar-refractivity contribution in [1.29, 1.82) is 0 Å². The number of halogens is 1. The highest BCUT2D eigenvalue weighted by molar-refractivity contribution is 6.30. The lowest BCUT2D eigenvalue weighted by Gasteiger charge is -2.26. The van der Waals surface area contributed by atoms with Gasteiger partial charge in [0.25, 0.3) is 11.6 Å². The molecule has 0 atom stereocenters. The van der Waals surface area contributed by atoms with E-state index in [-0.39, 0.29) is 23.1 Å². The van der Waals surface area contributed by atoms with Crippen molar-refractivity contribution in [3.8, 4) is 23.0 Å². The van der Waals surface area contributed by atoms with Crippen LogP contribution in [0, 0.1) is 10.1 Å². The number of carbonyl (C=O) groups is 1. The van der Waals surface area contributed by atoms with Gasteiger partial charge in [0.2, 0.25) is 0 Å². The van der Waals surface area contributed by atoms with E-state index in [2.05, 4.69) is 0 Å². The zero-order valence-electron chi connectivity index (χ0n) is 16.9. The van der Waals surface area contributed by atoms with Crippen LogP contribution in [0.5, 0.6) is 23.0 Å². The number of morpholine rings is 1. The van der Waals surface area contributed by atoms with E-state index < -0.39 is 4.92 Å². The third-order valence-corrected chi connectivity index (χ3v) is 4.98. The summed E-state index contributed by atoms with van der Waals surface area (Å²) in [7, 11) is 0. The first kappa shape index (κ1) is 21.6. The summed E-state index contributed by atoms with van der Waals surface area (Å²) in [6, 6.07) is 17.5. The molecule has 32 heavy (non-hydrogen) atoms. The Morgan fingerprint density at radius 2 is 1.56 bits per heavy atom. The summed E-state index contributed by atoms with van der Waals surface area (Å²) in [4.78, 5) is 25.1.